The summed E-state index contributed by atoms with van der Waals surface area (Å²) in [5.74, 6) is 1.38. The molecule has 0 saturated heterocycles. The van der Waals surface area contributed by atoms with Crippen molar-refractivity contribution in [2.75, 3.05) is 11.9 Å². The van der Waals surface area contributed by atoms with Crippen LogP contribution in [0.5, 0.6) is 11.5 Å². The van der Waals surface area contributed by atoms with Gasteiger partial charge in [0.05, 0.1) is 10.5 Å². The van der Waals surface area contributed by atoms with Crippen LogP contribution in [0.25, 0.3) is 10.9 Å². The minimum atomic E-state index is 0.593. The first kappa shape index (κ1) is 13.7. The van der Waals surface area contributed by atoms with E-state index in [1.165, 1.54) is 0 Å². The van der Waals surface area contributed by atoms with Crippen molar-refractivity contribution in [3.05, 3.63) is 59.8 Å². The van der Waals surface area contributed by atoms with Gasteiger partial charge in [-0.2, -0.15) is 0 Å². The van der Waals surface area contributed by atoms with Crippen molar-refractivity contribution in [1.29, 1.82) is 0 Å². The Kier molecular flexibility index (Phi) is 3.93. The van der Waals surface area contributed by atoms with Crippen LogP contribution in [-0.4, -0.2) is 11.5 Å². The maximum Gasteiger partial charge on any atom is 0.146 e. The normalized spacial score (nSPS) is 10.6. The molecule has 1 aromatic heterocycles. The third-order valence-corrected chi connectivity index (χ3v) is 3.46. The molecule has 106 valence electrons. The molecule has 2 aromatic carbocycles. The predicted octanol–water partition coefficient (Wildman–Crippen LogP) is 5.11. The van der Waals surface area contributed by atoms with Crippen molar-refractivity contribution in [2.45, 2.75) is 6.92 Å². The highest BCUT2D eigenvalue weighted by molar-refractivity contribution is 6.32. The molecule has 21 heavy (non-hydrogen) atoms. The lowest BCUT2D eigenvalue weighted by atomic mass is 10.1. The quantitative estimate of drug-likeness (QED) is 0.726. The molecular formula is C17H15ClN2O. The lowest BCUT2D eigenvalue weighted by Gasteiger charge is -2.11. The van der Waals surface area contributed by atoms with E-state index < -0.39 is 0 Å². The van der Waals surface area contributed by atoms with Gasteiger partial charge in [0.1, 0.15) is 11.5 Å². The Hall–Kier alpha value is -2.26. The lowest BCUT2D eigenvalue weighted by Crippen LogP contribution is -1.97. The number of hydrogen-bond acceptors (Lipinski definition) is 3. The average molecular weight is 299 g/mol. The number of pyridine rings is 1. The van der Waals surface area contributed by atoms with Crippen LogP contribution in [0.15, 0.2) is 54.7 Å². The molecule has 3 rings (SSSR count). The van der Waals surface area contributed by atoms with Crippen LogP contribution < -0.4 is 10.1 Å². The minimum Gasteiger partial charge on any atom is -0.456 e. The summed E-state index contributed by atoms with van der Waals surface area (Å²) in [4.78, 5) is 4.37. The number of aromatic nitrogens is 1. The van der Waals surface area contributed by atoms with E-state index >= 15 is 0 Å². The van der Waals surface area contributed by atoms with E-state index in [4.69, 9.17) is 16.3 Å². The molecule has 3 nitrogen and oxygen atoms in total. The van der Waals surface area contributed by atoms with Crippen LogP contribution in [-0.2, 0) is 0 Å². The SMILES string of the molecule is CCNc1ccnc2ccc(Oc3ccccc3Cl)cc12. The molecule has 0 aliphatic carbocycles. The third kappa shape index (κ3) is 2.93. The molecule has 4 heteroatoms. The van der Waals surface area contributed by atoms with Gasteiger partial charge in [-0.25, -0.2) is 0 Å². The predicted molar refractivity (Wildman–Crippen MR) is 87.4 cm³/mol. The molecule has 0 radical (unpaired) electrons. The zero-order valence-corrected chi connectivity index (χ0v) is 12.4. The van der Waals surface area contributed by atoms with Crippen molar-refractivity contribution in [3.63, 3.8) is 0 Å². The van der Waals surface area contributed by atoms with Gasteiger partial charge in [-0.3, -0.25) is 4.98 Å². The summed E-state index contributed by atoms with van der Waals surface area (Å²) in [6.07, 6.45) is 1.80. The van der Waals surface area contributed by atoms with Crippen LogP contribution in [0.4, 0.5) is 5.69 Å². The maximum absolute atomic E-state index is 6.12. The molecular weight excluding hydrogens is 284 g/mol. The van der Waals surface area contributed by atoms with Crippen LogP contribution in [0.3, 0.4) is 0 Å². The standard InChI is InChI=1S/C17H15ClN2O/c1-2-19-16-9-10-20-15-8-7-12(11-13(15)16)21-17-6-4-3-5-14(17)18/h3-11H,2H2,1H3,(H,19,20). The Bertz CT molecular complexity index is 774. The number of hydrogen-bond donors (Lipinski definition) is 1. The number of anilines is 1. The van der Waals surface area contributed by atoms with Gasteiger partial charge in [0.25, 0.3) is 0 Å². The number of rotatable bonds is 4. The van der Waals surface area contributed by atoms with Crippen molar-refractivity contribution in [1.82, 2.24) is 4.98 Å². The highest BCUT2D eigenvalue weighted by Gasteiger charge is 2.06. The van der Waals surface area contributed by atoms with Gasteiger partial charge in [-0.15, -0.1) is 0 Å². The Labute approximate surface area is 128 Å². The minimum absolute atomic E-state index is 0.593. The molecule has 0 saturated carbocycles. The smallest absolute Gasteiger partial charge is 0.146 e. The van der Waals surface area contributed by atoms with Gasteiger partial charge in [0, 0.05) is 23.8 Å². The highest BCUT2D eigenvalue weighted by atomic mass is 35.5. The van der Waals surface area contributed by atoms with E-state index in [0.717, 1.165) is 28.9 Å². The van der Waals surface area contributed by atoms with Crippen LogP contribution in [0.1, 0.15) is 6.92 Å². The van der Waals surface area contributed by atoms with E-state index in [1.54, 1.807) is 6.20 Å². The van der Waals surface area contributed by atoms with Gasteiger partial charge in [0.15, 0.2) is 0 Å². The Morgan fingerprint density at radius 2 is 2.00 bits per heavy atom. The molecule has 1 N–H and O–H groups in total. The van der Waals surface area contributed by atoms with Crippen molar-refractivity contribution < 1.29 is 4.74 Å². The molecule has 3 aromatic rings. The largest absolute Gasteiger partial charge is 0.456 e. The molecule has 0 fully saturated rings. The lowest BCUT2D eigenvalue weighted by molar-refractivity contribution is 0.483. The second-order valence-corrected chi connectivity index (χ2v) is 5.01. The van der Waals surface area contributed by atoms with Crippen LogP contribution >= 0.6 is 11.6 Å². The number of halogens is 1. The van der Waals surface area contributed by atoms with Crippen LogP contribution in [0.2, 0.25) is 5.02 Å². The summed E-state index contributed by atoms with van der Waals surface area (Å²) in [7, 11) is 0. The van der Waals surface area contributed by atoms with Gasteiger partial charge in [0.2, 0.25) is 0 Å². The van der Waals surface area contributed by atoms with Crippen molar-refractivity contribution in [3.8, 4) is 11.5 Å². The maximum atomic E-state index is 6.12. The first-order valence-corrected chi connectivity index (χ1v) is 7.21. The van der Waals surface area contributed by atoms with Gasteiger partial charge in [-0.05, 0) is 43.3 Å². The molecule has 0 bridgehead atoms. The molecule has 0 aliphatic heterocycles. The van der Waals surface area contributed by atoms with Crippen molar-refractivity contribution >= 4 is 28.2 Å². The summed E-state index contributed by atoms with van der Waals surface area (Å²) in [5.41, 5.74) is 1.98. The summed E-state index contributed by atoms with van der Waals surface area (Å²) >= 11 is 6.12. The number of nitrogens with one attached hydrogen (secondary N) is 1. The molecule has 0 aliphatic rings. The van der Waals surface area contributed by atoms with Crippen LogP contribution in [0, 0.1) is 0 Å². The summed E-state index contributed by atoms with van der Waals surface area (Å²) in [6, 6.07) is 15.2. The first-order chi connectivity index (χ1) is 10.3. The first-order valence-electron chi connectivity index (χ1n) is 6.83. The van der Waals surface area contributed by atoms with Gasteiger partial charge >= 0.3 is 0 Å². The van der Waals surface area contributed by atoms with E-state index in [0.29, 0.717) is 10.8 Å². The fourth-order valence-electron chi connectivity index (χ4n) is 2.19. The van der Waals surface area contributed by atoms with E-state index in [-0.39, 0.29) is 0 Å². The molecule has 1 heterocycles. The monoisotopic (exact) mass is 298 g/mol. The third-order valence-electron chi connectivity index (χ3n) is 3.14. The fraction of sp³-hybridized carbons (Fsp3) is 0.118. The van der Waals surface area contributed by atoms with E-state index in [1.807, 2.05) is 48.5 Å². The van der Waals surface area contributed by atoms with Gasteiger partial charge in [-0.1, -0.05) is 23.7 Å². The highest BCUT2D eigenvalue weighted by Crippen LogP contribution is 2.32. The number of ether oxygens (including phenoxy) is 1. The number of nitrogens with zero attached hydrogens (tertiary/aromatic N) is 1. The fourth-order valence-corrected chi connectivity index (χ4v) is 2.36. The topological polar surface area (TPSA) is 34.2 Å². The average Bonchev–Trinajstić information content (AvgIpc) is 2.50. The Balaban J connectivity index is 2.00. The number of benzene rings is 2. The molecule has 0 amide bonds. The second-order valence-electron chi connectivity index (χ2n) is 4.60. The number of fused-ring (bicyclic) bond motifs is 1. The van der Waals surface area contributed by atoms with E-state index in [2.05, 4.69) is 17.2 Å². The zero-order valence-electron chi connectivity index (χ0n) is 11.6. The zero-order chi connectivity index (χ0) is 14.7. The Morgan fingerprint density at radius 1 is 1.14 bits per heavy atom. The molecule has 0 spiro atoms. The summed E-state index contributed by atoms with van der Waals surface area (Å²) < 4.78 is 5.86. The van der Waals surface area contributed by atoms with Crippen molar-refractivity contribution in [2.24, 2.45) is 0 Å². The summed E-state index contributed by atoms with van der Waals surface area (Å²) in [6.45, 7) is 2.92. The molecule has 0 unspecified atom stereocenters. The van der Waals surface area contributed by atoms with E-state index in [9.17, 15) is 0 Å². The summed E-state index contributed by atoms with van der Waals surface area (Å²) in [5, 5.41) is 4.96. The Morgan fingerprint density at radius 3 is 2.81 bits per heavy atom. The number of para-hydroxylation sites is 1. The van der Waals surface area contributed by atoms with Gasteiger partial charge < -0.3 is 10.1 Å². The molecule has 0 atom stereocenters. The second kappa shape index (κ2) is 6.02.